The predicted octanol–water partition coefficient (Wildman–Crippen LogP) is 3.30. The molecule has 0 aromatic heterocycles. The summed E-state index contributed by atoms with van der Waals surface area (Å²) in [6, 6.07) is 5.95. The molecule has 1 aliphatic heterocycles. The first-order valence-corrected chi connectivity index (χ1v) is 7.29. The van der Waals surface area contributed by atoms with Crippen molar-refractivity contribution >= 4 is 11.6 Å². The number of carbonyl (C=O) groups excluding carboxylic acids is 1. The standard InChI is InChI=1S/C16H24N2O/c1-4-13-8-9-18(11-13)16(19)14-6-7-15(17-5-2)12(3)10-14/h6-7,10,13,17H,4-5,8-9,11H2,1-3H3. The van der Waals surface area contributed by atoms with E-state index in [0.717, 1.165) is 42.9 Å². The van der Waals surface area contributed by atoms with Crippen LogP contribution in [0.4, 0.5) is 5.69 Å². The topological polar surface area (TPSA) is 32.3 Å². The van der Waals surface area contributed by atoms with Crippen molar-refractivity contribution < 1.29 is 4.79 Å². The van der Waals surface area contributed by atoms with Gasteiger partial charge in [0.15, 0.2) is 0 Å². The molecule has 19 heavy (non-hydrogen) atoms. The minimum atomic E-state index is 0.182. The van der Waals surface area contributed by atoms with E-state index in [-0.39, 0.29) is 5.91 Å². The van der Waals surface area contributed by atoms with Crippen LogP contribution in [0.5, 0.6) is 0 Å². The molecule has 1 unspecified atom stereocenters. The third-order valence-corrected chi connectivity index (χ3v) is 3.99. The molecule has 0 saturated carbocycles. The van der Waals surface area contributed by atoms with Gasteiger partial charge < -0.3 is 10.2 Å². The van der Waals surface area contributed by atoms with Gasteiger partial charge in [0.25, 0.3) is 5.91 Å². The van der Waals surface area contributed by atoms with Crippen molar-refractivity contribution in [1.29, 1.82) is 0 Å². The lowest BCUT2D eigenvalue weighted by Gasteiger charge is -2.17. The summed E-state index contributed by atoms with van der Waals surface area (Å²) in [6.07, 6.45) is 2.32. The molecule has 2 rings (SSSR count). The average Bonchev–Trinajstić information content (AvgIpc) is 2.89. The lowest BCUT2D eigenvalue weighted by atomic mass is 10.1. The van der Waals surface area contributed by atoms with Gasteiger partial charge in [-0.25, -0.2) is 0 Å². The number of rotatable bonds is 4. The molecule has 0 spiro atoms. The van der Waals surface area contributed by atoms with Gasteiger partial charge in [-0.05, 0) is 49.9 Å². The van der Waals surface area contributed by atoms with Crippen LogP contribution in [0.15, 0.2) is 18.2 Å². The summed E-state index contributed by atoms with van der Waals surface area (Å²) in [5.74, 6) is 0.869. The number of amides is 1. The fourth-order valence-electron chi connectivity index (χ4n) is 2.72. The molecule has 1 aromatic rings. The van der Waals surface area contributed by atoms with Crippen molar-refractivity contribution in [3.63, 3.8) is 0 Å². The first-order chi connectivity index (χ1) is 9.15. The molecule has 1 saturated heterocycles. The molecule has 3 nitrogen and oxygen atoms in total. The van der Waals surface area contributed by atoms with Crippen LogP contribution >= 0.6 is 0 Å². The highest BCUT2D eigenvalue weighted by Gasteiger charge is 2.25. The SMILES string of the molecule is CCNc1ccc(C(=O)N2CCC(CC)C2)cc1C. The summed E-state index contributed by atoms with van der Waals surface area (Å²) in [5.41, 5.74) is 3.07. The Labute approximate surface area is 116 Å². The summed E-state index contributed by atoms with van der Waals surface area (Å²) in [5, 5.41) is 3.30. The van der Waals surface area contributed by atoms with E-state index in [2.05, 4.69) is 19.2 Å². The second kappa shape index (κ2) is 6.09. The van der Waals surface area contributed by atoms with Gasteiger partial charge in [-0.1, -0.05) is 13.3 Å². The van der Waals surface area contributed by atoms with Crippen LogP contribution in [0.2, 0.25) is 0 Å². The van der Waals surface area contributed by atoms with E-state index in [4.69, 9.17) is 0 Å². The lowest BCUT2D eigenvalue weighted by molar-refractivity contribution is 0.0787. The molecule has 1 aromatic carbocycles. The Morgan fingerprint density at radius 2 is 2.21 bits per heavy atom. The van der Waals surface area contributed by atoms with Gasteiger partial charge in [0, 0.05) is 30.9 Å². The maximum Gasteiger partial charge on any atom is 0.253 e. The summed E-state index contributed by atoms with van der Waals surface area (Å²) < 4.78 is 0. The molecule has 1 N–H and O–H groups in total. The smallest absolute Gasteiger partial charge is 0.253 e. The van der Waals surface area contributed by atoms with Crippen molar-refractivity contribution in [2.24, 2.45) is 5.92 Å². The highest BCUT2D eigenvalue weighted by Crippen LogP contribution is 2.23. The van der Waals surface area contributed by atoms with Crippen LogP contribution in [0.1, 0.15) is 42.6 Å². The van der Waals surface area contributed by atoms with Crippen LogP contribution in [-0.2, 0) is 0 Å². The van der Waals surface area contributed by atoms with Gasteiger partial charge >= 0.3 is 0 Å². The van der Waals surface area contributed by atoms with Gasteiger partial charge in [0.2, 0.25) is 0 Å². The number of nitrogens with one attached hydrogen (secondary N) is 1. The average molecular weight is 260 g/mol. The van der Waals surface area contributed by atoms with Gasteiger partial charge in [-0.2, -0.15) is 0 Å². The summed E-state index contributed by atoms with van der Waals surface area (Å²) in [6.45, 7) is 9.06. The Balaban J connectivity index is 2.09. The third-order valence-electron chi connectivity index (χ3n) is 3.99. The summed E-state index contributed by atoms with van der Waals surface area (Å²) >= 11 is 0. The second-order valence-electron chi connectivity index (χ2n) is 5.37. The van der Waals surface area contributed by atoms with Crippen molar-refractivity contribution in [2.75, 3.05) is 25.0 Å². The molecule has 0 radical (unpaired) electrons. The Hall–Kier alpha value is -1.51. The van der Waals surface area contributed by atoms with Crippen molar-refractivity contribution in [3.05, 3.63) is 29.3 Å². The molecule has 1 fully saturated rings. The summed E-state index contributed by atoms with van der Waals surface area (Å²) in [4.78, 5) is 14.4. The fourth-order valence-corrected chi connectivity index (χ4v) is 2.72. The van der Waals surface area contributed by atoms with Crippen LogP contribution in [-0.4, -0.2) is 30.4 Å². The van der Waals surface area contributed by atoms with E-state index in [9.17, 15) is 4.79 Å². The molecule has 1 amide bonds. The highest BCUT2D eigenvalue weighted by molar-refractivity contribution is 5.95. The van der Waals surface area contributed by atoms with Crippen molar-refractivity contribution in [1.82, 2.24) is 4.90 Å². The number of benzene rings is 1. The van der Waals surface area contributed by atoms with Crippen LogP contribution < -0.4 is 5.32 Å². The monoisotopic (exact) mass is 260 g/mol. The zero-order valence-corrected chi connectivity index (χ0v) is 12.2. The zero-order valence-electron chi connectivity index (χ0n) is 12.2. The number of aryl methyl sites for hydroxylation is 1. The molecular weight excluding hydrogens is 236 g/mol. The molecule has 0 aliphatic carbocycles. The van der Waals surface area contributed by atoms with Crippen molar-refractivity contribution in [2.45, 2.75) is 33.6 Å². The van der Waals surface area contributed by atoms with E-state index >= 15 is 0 Å². The number of carbonyl (C=O) groups is 1. The Morgan fingerprint density at radius 3 is 2.79 bits per heavy atom. The zero-order chi connectivity index (χ0) is 13.8. The van der Waals surface area contributed by atoms with Crippen molar-refractivity contribution in [3.8, 4) is 0 Å². The Morgan fingerprint density at radius 1 is 1.42 bits per heavy atom. The number of hydrogen-bond donors (Lipinski definition) is 1. The summed E-state index contributed by atoms with van der Waals surface area (Å²) in [7, 11) is 0. The quantitative estimate of drug-likeness (QED) is 0.901. The van der Waals surface area contributed by atoms with E-state index in [1.807, 2.05) is 30.0 Å². The van der Waals surface area contributed by atoms with Gasteiger partial charge in [0.05, 0.1) is 0 Å². The predicted molar refractivity (Wildman–Crippen MR) is 79.6 cm³/mol. The van der Waals surface area contributed by atoms with Crippen LogP contribution in [0.3, 0.4) is 0 Å². The minimum Gasteiger partial charge on any atom is -0.385 e. The maximum atomic E-state index is 12.4. The number of likely N-dealkylation sites (tertiary alicyclic amines) is 1. The molecule has 0 bridgehead atoms. The molecule has 1 atom stereocenters. The van der Waals surface area contributed by atoms with E-state index in [0.29, 0.717) is 5.92 Å². The Bertz CT molecular complexity index is 456. The number of hydrogen-bond acceptors (Lipinski definition) is 2. The van der Waals surface area contributed by atoms with E-state index in [1.165, 1.54) is 6.42 Å². The third kappa shape index (κ3) is 3.09. The van der Waals surface area contributed by atoms with Crippen LogP contribution in [0.25, 0.3) is 0 Å². The van der Waals surface area contributed by atoms with E-state index < -0.39 is 0 Å². The molecule has 104 valence electrons. The Kier molecular flexibility index (Phi) is 4.46. The lowest BCUT2D eigenvalue weighted by Crippen LogP contribution is -2.28. The molecule has 1 heterocycles. The normalized spacial score (nSPS) is 18.7. The first kappa shape index (κ1) is 13.9. The van der Waals surface area contributed by atoms with Crippen LogP contribution in [0, 0.1) is 12.8 Å². The first-order valence-electron chi connectivity index (χ1n) is 7.29. The van der Waals surface area contributed by atoms with Gasteiger partial charge in [0.1, 0.15) is 0 Å². The largest absolute Gasteiger partial charge is 0.385 e. The minimum absolute atomic E-state index is 0.182. The second-order valence-corrected chi connectivity index (χ2v) is 5.37. The molecule has 1 aliphatic rings. The maximum absolute atomic E-state index is 12.4. The number of anilines is 1. The number of nitrogens with zero attached hydrogens (tertiary/aromatic N) is 1. The van der Waals surface area contributed by atoms with E-state index in [1.54, 1.807) is 0 Å². The highest BCUT2D eigenvalue weighted by atomic mass is 16.2. The van der Waals surface area contributed by atoms with Gasteiger partial charge in [-0.15, -0.1) is 0 Å². The molecule has 3 heteroatoms. The van der Waals surface area contributed by atoms with Gasteiger partial charge in [-0.3, -0.25) is 4.79 Å². The fraction of sp³-hybridized carbons (Fsp3) is 0.562. The molecular formula is C16H24N2O.